The van der Waals surface area contributed by atoms with Gasteiger partial charge < -0.3 is 30.7 Å². The first kappa shape index (κ1) is 23.2. The minimum atomic E-state index is -0.613. The first-order valence-corrected chi connectivity index (χ1v) is 11.0. The van der Waals surface area contributed by atoms with Crippen LogP contribution in [0.3, 0.4) is 0 Å². The zero-order chi connectivity index (χ0) is 24.1. The molecule has 3 aromatic rings. The van der Waals surface area contributed by atoms with E-state index in [4.69, 9.17) is 4.74 Å². The van der Waals surface area contributed by atoms with Crippen molar-refractivity contribution in [3.63, 3.8) is 0 Å². The number of piperazine rings is 1. The van der Waals surface area contributed by atoms with Crippen LogP contribution in [0.5, 0.6) is 11.5 Å². The summed E-state index contributed by atoms with van der Waals surface area (Å²) in [5.74, 6) is 0.229. The predicted octanol–water partition coefficient (Wildman–Crippen LogP) is 3.24. The van der Waals surface area contributed by atoms with E-state index in [1.54, 1.807) is 55.1 Å². The van der Waals surface area contributed by atoms with Gasteiger partial charge >= 0.3 is 0 Å². The van der Waals surface area contributed by atoms with Gasteiger partial charge in [0.25, 0.3) is 5.91 Å². The van der Waals surface area contributed by atoms with Crippen LogP contribution in [0.2, 0.25) is 0 Å². The first-order chi connectivity index (χ1) is 16.4. The first-order valence-electron chi connectivity index (χ1n) is 11.0. The molecule has 1 aliphatic rings. The largest absolute Gasteiger partial charge is 0.507 e. The van der Waals surface area contributed by atoms with E-state index in [9.17, 15) is 14.3 Å². The van der Waals surface area contributed by atoms with Gasteiger partial charge in [0, 0.05) is 43.6 Å². The van der Waals surface area contributed by atoms with Crippen molar-refractivity contribution < 1.29 is 19.0 Å². The second-order valence-corrected chi connectivity index (χ2v) is 8.05. The molecule has 0 bridgehead atoms. The van der Waals surface area contributed by atoms with Crippen molar-refractivity contribution in [1.82, 2.24) is 20.2 Å². The second-order valence-electron chi connectivity index (χ2n) is 8.05. The van der Waals surface area contributed by atoms with Crippen molar-refractivity contribution in [1.29, 1.82) is 0 Å². The number of amides is 1. The molecule has 10 heteroatoms. The number of rotatable bonds is 7. The van der Waals surface area contributed by atoms with Gasteiger partial charge in [0.15, 0.2) is 18.2 Å². The molecule has 1 aliphatic heterocycles. The SMILES string of the molecule is Cc1cc(Nc2nc(Nc3cccc(OCC(=O)N4CCNCC4)c3)ncc2F)cc(C)c1O. The van der Waals surface area contributed by atoms with Crippen LogP contribution in [-0.2, 0) is 4.79 Å². The molecule has 1 fully saturated rings. The normalized spacial score (nSPS) is 13.4. The monoisotopic (exact) mass is 466 g/mol. The van der Waals surface area contributed by atoms with Gasteiger partial charge in [-0.25, -0.2) is 9.37 Å². The van der Waals surface area contributed by atoms with Crippen LogP contribution < -0.4 is 20.7 Å². The molecule has 0 spiro atoms. The molecule has 1 amide bonds. The Morgan fingerprint density at radius 3 is 2.62 bits per heavy atom. The Hall–Kier alpha value is -3.92. The summed E-state index contributed by atoms with van der Waals surface area (Å²) >= 11 is 0. The van der Waals surface area contributed by atoms with Gasteiger partial charge in [-0.15, -0.1) is 0 Å². The van der Waals surface area contributed by atoms with Gasteiger partial charge in [0.2, 0.25) is 5.95 Å². The van der Waals surface area contributed by atoms with Crippen molar-refractivity contribution >= 4 is 29.0 Å². The lowest BCUT2D eigenvalue weighted by Crippen LogP contribution is -2.47. The zero-order valence-corrected chi connectivity index (χ0v) is 19.1. The quantitative estimate of drug-likeness (QED) is 0.393. The summed E-state index contributed by atoms with van der Waals surface area (Å²) in [6.07, 6.45) is 1.07. The maximum atomic E-state index is 14.3. The van der Waals surface area contributed by atoms with E-state index in [0.29, 0.717) is 41.3 Å². The molecule has 0 radical (unpaired) electrons. The van der Waals surface area contributed by atoms with E-state index in [0.717, 1.165) is 19.3 Å². The number of hydrogen-bond acceptors (Lipinski definition) is 8. The highest BCUT2D eigenvalue weighted by Gasteiger charge is 2.16. The highest BCUT2D eigenvalue weighted by atomic mass is 19.1. The third-order valence-electron chi connectivity index (χ3n) is 5.42. The van der Waals surface area contributed by atoms with Gasteiger partial charge in [0.1, 0.15) is 11.5 Å². The molecule has 0 unspecified atom stereocenters. The van der Waals surface area contributed by atoms with Crippen molar-refractivity contribution in [2.45, 2.75) is 13.8 Å². The number of aryl methyl sites for hydroxylation is 2. The van der Waals surface area contributed by atoms with Crippen LogP contribution >= 0.6 is 0 Å². The third kappa shape index (κ3) is 5.70. The number of carbonyl (C=O) groups is 1. The van der Waals surface area contributed by atoms with Crippen molar-refractivity contribution in [2.75, 3.05) is 43.4 Å². The fourth-order valence-electron chi connectivity index (χ4n) is 3.62. The summed E-state index contributed by atoms with van der Waals surface area (Å²) < 4.78 is 20.0. The number of phenolic OH excluding ortho intramolecular Hbond substituents is 1. The van der Waals surface area contributed by atoms with E-state index in [1.807, 2.05) is 0 Å². The summed E-state index contributed by atoms with van der Waals surface area (Å²) in [5, 5.41) is 19.1. The van der Waals surface area contributed by atoms with Gasteiger partial charge in [-0.2, -0.15) is 4.98 Å². The zero-order valence-electron chi connectivity index (χ0n) is 19.1. The van der Waals surface area contributed by atoms with Gasteiger partial charge in [-0.3, -0.25) is 4.79 Å². The maximum Gasteiger partial charge on any atom is 0.260 e. The molecule has 2 aromatic carbocycles. The summed E-state index contributed by atoms with van der Waals surface area (Å²) in [5.41, 5.74) is 2.56. The van der Waals surface area contributed by atoms with E-state index < -0.39 is 5.82 Å². The smallest absolute Gasteiger partial charge is 0.260 e. The topological polar surface area (TPSA) is 112 Å². The molecule has 0 aliphatic carbocycles. The average molecular weight is 467 g/mol. The Kier molecular flexibility index (Phi) is 7.07. The highest BCUT2D eigenvalue weighted by Crippen LogP contribution is 2.28. The number of nitrogens with one attached hydrogen (secondary N) is 3. The van der Waals surface area contributed by atoms with Crippen LogP contribution in [-0.4, -0.2) is 58.7 Å². The predicted molar refractivity (Wildman–Crippen MR) is 128 cm³/mol. The lowest BCUT2D eigenvalue weighted by molar-refractivity contribution is -0.133. The summed E-state index contributed by atoms with van der Waals surface area (Å²) in [6, 6.07) is 10.5. The van der Waals surface area contributed by atoms with Crippen LogP contribution in [0.15, 0.2) is 42.6 Å². The molecule has 4 rings (SSSR count). The number of aromatic hydroxyl groups is 1. The number of carbonyl (C=O) groups excluding carboxylic acids is 1. The second kappa shape index (κ2) is 10.3. The average Bonchev–Trinajstić information content (AvgIpc) is 2.84. The minimum absolute atomic E-state index is 0.00369. The van der Waals surface area contributed by atoms with Gasteiger partial charge in [-0.1, -0.05) is 6.07 Å². The summed E-state index contributed by atoms with van der Waals surface area (Å²) in [4.78, 5) is 22.3. The van der Waals surface area contributed by atoms with Crippen molar-refractivity contribution in [3.05, 3.63) is 59.5 Å². The fraction of sp³-hybridized carbons (Fsp3) is 0.292. The molecule has 0 saturated carbocycles. The number of phenols is 1. The lowest BCUT2D eigenvalue weighted by atomic mass is 10.1. The molecule has 1 saturated heterocycles. The van der Waals surface area contributed by atoms with Crippen LogP contribution in [0.4, 0.5) is 27.5 Å². The standard InChI is InChI=1S/C24H27FN6O3/c1-15-10-18(11-16(2)22(15)33)28-23-20(25)13-27-24(30-23)29-17-4-3-5-19(12-17)34-14-21(32)31-8-6-26-7-9-31/h3-5,10-13,26,33H,6-9,14H2,1-2H3,(H2,27,28,29,30). The number of aromatic nitrogens is 2. The minimum Gasteiger partial charge on any atom is -0.507 e. The Bertz CT molecular complexity index is 1160. The lowest BCUT2D eigenvalue weighted by Gasteiger charge is -2.27. The van der Waals surface area contributed by atoms with Gasteiger partial charge in [0.05, 0.1) is 6.20 Å². The number of nitrogens with zero attached hydrogens (tertiary/aromatic N) is 3. The van der Waals surface area contributed by atoms with E-state index in [2.05, 4.69) is 25.9 Å². The molecular weight excluding hydrogens is 439 g/mol. The molecule has 2 heterocycles. The molecule has 34 heavy (non-hydrogen) atoms. The number of hydrogen-bond donors (Lipinski definition) is 4. The number of ether oxygens (including phenoxy) is 1. The summed E-state index contributed by atoms with van der Waals surface area (Å²) in [6.45, 7) is 6.40. The maximum absolute atomic E-state index is 14.3. The Morgan fingerprint density at radius 2 is 1.88 bits per heavy atom. The van der Waals surface area contributed by atoms with Crippen LogP contribution in [0, 0.1) is 19.7 Å². The molecular formula is C24H27FN6O3. The molecule has 9 nitrogen and oxygen atoms in total. The Morgan fingerprint density at radius 1 is 1.15 bits per heavy atom. The molecule has 4 N–H and O–H groups in total. The van der Waals surface area contributed by atoms with Crippen molar-refractivity contribution in [2.24, 2.45) is 0 Å². The van der Waals surface area contributed by atoms with E-state index in [-0.39, 0.29) is 30.0 Å². The third-order valence-corrected chi connectivity index (χ3v) is 5.42. The number of halogens is 1. The van der Waals surface area contributed by atoms with Crippen molar-refractivity contribution in [3.8, 4) is 11.5 Å². The van der Waals surface area contributed by atoms with Crippen LogP contribution in [0.25, 0.3) is 0 Å². The fourth-order valence-corrected chi connectivity index (χ4v) is 3.62. The summed E-state index contributed by atoms with van der Waals surface area (Å²) in [7, 11) is 0. The molecule has 0 atom stereocenters. The van der Waals surface area contributed by atoms with Gasteiger partial charge in [-0.05, 0) is 49.2 Å². The molecule has 1 aromatic heterocycles. The Balaban J connectivity index is 1.42. The number of anilines is 4. The van der Waals surface area contributed by atoms with Crippen LogP contribution in [0.1, 0.15) is 11.1 Å². The number of benzene rings is 2. The van der Waals surface area contributed by atoms with E-state index in [1.165, 1.54) is 0 Å². The highest BCUT2D eigenvalue weighted by molar-refractivity contribution is 5.78. The molecule has 178 valence electrons. The Labute approximate surface area is 197 Å². The van der Waals surface area contributed by atoms with E-state index >= 15 is 0 Å².